The highest BCUT2D eigenvalue weighted by Gasteiger charge is 2.20. The molecule has 3 rings (SSSR count). The van der Waals surface area contributed by atoms with Crippen LogP contribution in [0.15, 0.2) is 71.1 Å². The summed E-state index contributed by atoms with van der Waals surface area (Å²) < 4.78 is 1.32. The summed E-state index contributed by atoms with van der Waals surface area (Å²) in [5.41, 5.74) is 4.34. The molecular formula is C13H11N5OS. The van der Waals surface area contributed by atoms with Crippen LogP contribution in [0.3, 0.4) is 0 Å². The van der Waals surface area contributed by atoms with Crippen molar-refractivity contribution in [2.45, 2.75) is 0 Å². The van der Waals surface area contributed by atoms with E-state index in [0.29, 0.717) is 5.56 Å². The van der Waals surface area contributed by atoms with E-state index in [1.807, 2.05) is 48.5 Å². The summed E-state index contributed by atoms with van der Waals surface area (Å²) in [5.74, 6) is 0. The highest BCUT2D eigenvalue weighted by Crippen LogP contribution is 2.22. The van der Waals surface area contributed by atoms with Crippen molar-refractivity contribution in [2.24, 2.45) is 10.4 Å². The van der Waals surface area contributed by atoms with Gasteiger partial charge in [0.25, 0.3) is 0 Å². The van der Waals surface area contributed by atoms with Crippen LogP contribution in [0.5, 0.6) is 0 Å². The van der Waals surface area contributed by atoms with Crippen LogP contribution in [0, 0.1) is 0 Å². The minimum Gasteiger partial charge on any atom is -0.280 e. The van der Waals surface area contributed by atoms with Gasteiger partial charge in [0.05, 0.1) is 17.6 Å². The summed E-state index contributed by atoms with van der Waals surface area (Å²) in [6.45, 7) is 0. The molecule has 1 N–H and O–H groups in total. The minimum atomic E-state index is -0.105. The lowest BCUT2D eigenvalue weighted by atomic mass is 10.2. The maximum absolute atomic E-state index is 12.0. The van der Waals surface area contributed by atoms with Crippen molar-refractivity contribution in [3.63, 3.8) is 0 Å². The van der Waals surface area contributed by atoms with Crippen LogP contribution >= 0.6 is 11.9 Å². The lowest BCUT2D eigenvalue weighted by Gasteiger charge is -2.15. The quantitative estimate of drug-likeness (QED) is 0.878. The van der Waals surface area contributed by atoms with Gasteiger partial charge in [-0.25, -0.2) is 0 Å². The maximum Gasteiger partial charge on any atom is 0.242 e. The van der Waals surface area contributed by atoms with E-state index in [2.05, 4.69) is 16.0 Å². The van der Waals surface area contributed by atoms with Gasteiger partial charge in [-0.2, -0.15) is 5.12 Å². The molecule has 0 bridgehead atoms. The van der Waals surface area contributed by atoms with Crippen LogP contribution in [-0.4, -0.2) is 9.64 Å². The van der Waals surface area contributed by atoms with Gasteiger partial charge in [-0.15, -0.1) is 4.52 Å². The van der Waals surface area contributed by atoms with E-state index in [-0.39, 0.29) is 5.12 Å². The first-order valence-electron chi connectivity index (χ1n) is 5.93. The first-order chi connectivity index (χ1) is 9.83. The zero-order valence-corrected chi connectivity index (χ0v) is 11.2. The van der Waals surface area contributed by atoms with Gasteiger partial charge in [0.1, 0.15) is 0 Å². The molecule has 0 radical (unpaired) electrons. The zero-order chi connectivity index (χ0) is 13.8. The Bertz CT molecular complexity index is 619. The number of hydrogen-bond donors (Lipinski definition) is 1. The molecule has 0 fully saturated rings. The Morgan fingerprint density at radius 2 is 1.60 bits per heavy atom. The summed E-state index contributed by atoms with van der Waals surface area (Å²) in [5, 5.41) is 9.20. The Labute approximate surface area is 120 Å². The van der Waals surface area contributed by atoms with Gasteiger partial charge in [0.2, 0.25) is 5.12 Å². The second kappa shape index (κ2) is 5.72. The van der Waals surface area contributed by atoms with Crippen molar-refractivity contribution < 1.29 is 4.79 Å². The number of anilines is 1. The highest BCUT2D eigenvalue weighted by molar-refractivity contribution is 8.12. The molecule has 0 spiro atoms. The fourth-order valence-electron chi connectivity index (χ4n) is 1.62. The Morgan fingerprint density at radius 1 is 0.950 bits per heavy atom. The number of rotatable bonds is 3. The first kappa shape index (κ1) is 12.6. The fraction of sp³-hybridized carbons (Fsp3) is 0. The predicted molar refractivity (Wildman–Crippen MR) is 77.1 cm³/mol. The standard InChI is InChI=1S/C13H11N5OS/c19-13(11-7-3-1-4-8-11)20-18-15-14-17(16-18)12-9-5-2-6-10-12/h1-10,16H. The molecule has 0 saturated heterocycles. The summed E-state index contributed by atoms with van der Waals surface area (Å²) >= 11 is 0.940. The summed E-state index contributed by atoms with van der Waals surface area (Å²) in [6.07, 6.45) is 0. The summed E-state index contributed by atoms with van der Waals surface area (Å²) in [7, 11) is 0. The SMILES string of the molecule is O=C(SN1N=NN(c2ccccc2)N1)c1ccccc1. The minimum absolute atomic E-state index is 0.105. The number of carbonyl (C=O) groups is 1. The molecule has 1 heterocycles. The van der Waals surface area contributed by atoms with Gasteiger partial charge in [-0.05, 0) is 22.6 Å². The average Bonchev–Trinajstić information content (AvgIpc) is 2.97. The summed E-state index contributed by atoms with van der Waals surface area (Å²) in [6, 6.07) is 18.5. The van der Waals surface area contributed by atoms with E-state index < -0.39 is 0 Å². The van der Waals surface area contributed by atoms with Crippen LogP contribution in [0.1, 0.15) is 10.4 Å². The third kappa shape index (κ3) is 2.79. The second-order valence-corrected chi connectivity index (χ2v) is 4.84. The van der Waals surface area contributed by atoms with E-state index in [1.54, 1.807) is 12.1 Å². The predicted octanol–water partition coefficient (Wildman–Crippen LogP) is 3.00. The fourth-order valence-corrected chi connectivity index (χ4v) is 2.21. The molecule has 7 heteroatoms. The molecule has 0 atom stereocenters. The van der Waals surface area contributed by atoms with E-state index in [4.69, 9.17) is 0 Å². The van der Waals surface area contributed by atoms with Crippen LogP contribution in [0.4, 0.5) is 5.69 Å². The maximum atomic E-state index is 12.0. The second-order valence-electron chi connectivity index (χ2n) is 3.94. The molecule has 100 valence electrons. The average molecular weight is 285 g/mol. The smallest absolute Gasteiger partial charge is 0.242 e. The normalized spacial score (nSPS) is 13.8. The molecule has 1 aliphatic rings. The number of nitrogens with one attached hydrogen (secondary N) is 1. The number of carbonyl (C=O) groups excluding carboxylic acids is 1. The van der Waals surface area contributed by atoms with E-state index >= 15 is 0 Å². The Morgan fingerprint density at radius 3 is 2.30 bits per heavy atom. The van der Waals surface area contributed by atoms with Gasteiger partial charge >= 0.3 is 0 Å². The van der Waals surface area contributed by atoms with Gasteiger partial charge in [-0.1, -0.05) is 54.1 Å². The number of hydrogen-bond acceptors (Lipinski definition) is 7. The molecule has 0 unspecified atom stereocenters. The van der Waals surface area contributed by atoms with Gasteiger partial charge in [0.15, 0.2) is 0 Å². The monoisotopic (exact) mass is 285 g/mol. The Hall–Kier alpha value is -2.38. The van der Waals surface area contributed by atoms with Crippen LogP contribution in [-0.2, 0) is 0 Å². The molecule has 2 aromatic rings. The number of benzene rings is 2. The van der Waals surface area contributed by atoms with Gasteiger partial charge in [0, 0.05) is 5.56 Å². The van der Waals surface area contributed by atoms with Crippen LogP contribution in [0.2, 0.25) is 0 Å². The van der Waals surface area contributed by atoms with Crippen molar-refractivity contribution in [2.75, 3.05) is 5.12 Å². The first-order valence-corrected chi connectivity index (χ1v) is 6.71. The van der Waals surface area contributed by atoms with E-state index in [0.717, 1.165) is 17.6 Å². The topological polar surface area (TPSA) is 60.3 Å². The Balaban J connectivity index is 1.62. The van der Waals surface area contributed by atoms with Crippen molar-refractivity contribution >= 4 is 22.8 Å². The largest absolute Gasteiger partial charge is 0.280 e. The molecule has 2 aromatic carbocycles. The number of hydrazine groups is 2. The molecule has 0 aromatic heterocycles. The molecule has 0 amide bonds. The molecule has 0 aliphatic carbocycles. The molecule has 1 aliphatic heterocycles. The third-order valence-corrected chi connectivity index (χ3v) is 3.30. The molecule has 0 saturated carbocycles. The lowest BCUT2D eigenvalue weighted by molar-refractivity contribution is 0.108. The van der Waals surface area contributed by atoms with E-state index in [9.17, 15) is 4.79 Å². The van der Waals surface area contributed by atoms with Crippen molar-refractivity contribution in [1.29, 1.82) is 0 Å². The van der Waals surface area contributed by atoms with Crippen LogP contribution in [0.25, 0.3) is 0 Å². The number of nitrogens with zero attached hydrogens (tertiary/aromatic N) is 4. The lowest BCUT2D eigenvalue weighted by Crippen LogP contribution is -2.36. The molecular weight excluding hydrogens is 274 g/mol. The third-order valence-electron chi connectivity index (χ3n) is 2.57. The zero-order valence-electron chi connectivity index (χ0n) is 10.4. The highest BCUT2D eigenvalue weighted by atomic mass is 32.2. The van der Waals surface area contributed by atoms with Crippen molar-refractivity contribution in [3.05, 3.63) is 66.2 Å². The Kier molecular flexibility index (Phi) is 3.62. The van der Waals surface area contributed by atoms with E-state index in [1.165, 1.54) is 9.64 Å². The van der Waals surface area contributed by atoms with Gasteiger partial charge < -0.3 is 0 Å². The molecule has 6 nitrogen and oxygen atoms in total. The van der Waals surface area contributed by atoms with Crippen LogP contribution < -0.4 is 10.7 Å². The molecule has 20 heavy (non-hydrogen) atoms. The van der Waals surface area contributed by atoms with Gasteiger partial charge in [-0.3, -0.25) is 4.79 Å². The summed E-state index contributed by atoms with van der Waals surface area (Å²) in [4.78, 5) is 12.0. The van der Waals surface area contributed by atoms with Crippen molar-refractivity contribution in [1.82, 2.24) is 10.1 Å². The number of para-hydroxylation sites is 1. The van der Waals surface area contributed by atoms with Crippen molar-refractivity contribution in [3.8, 4) is 0 Å².